The second-order valence-electron chi connectivity index (χ2n) is 10.1. The van der Waals surface area contributed by atoms with E-state index < -0.39 is 48.5 Å². The van der Waals surface area contributed by atoms with Gasteiger partial charge in [-0.05, 0) is 43.3 Å². The first-order chi connectivity index (χ1) is 21.4. The van der Waals surface area contributed by atoms with Crippen molar-refractivity contribution in [2.75, 3.05) is 11.9 Å². The number of benzene rings is 3. The van der Waals surface area contributed by atoms with Crippen molar-refractivity contribution in [2.24, 2.45) is 0 Å². The molecule has 13 nitrogen and oxygen atoms in total. The zero-order chi connectivity index (χ0) is 30.7. The topological polar surface area (TPSA) is 168 Å². The van der Waals surface area contributed by atoms with E-state index in [0.29, 0.717) is 5.56 Å². The van der Waals surface area contributed by atoms with Crippen molar-refractivity contribution < 1.29 is 33.7 Å². The first-order valence-corrected chi connectivity index (χ1v) is 13.6. The number of ether oxygens (including phenoxy) is 3. The Labute approximate surface area is 250 Å². The molecule has 13 heteroatoms. The van der Waals surface area contributed by atoms with E-state index in [1.807, 2.05) is 0 Å². The highest BCUT2D eigenvalue weighted by atomic mass is 16.7. The number of hydrogen-bond acceptors (Lipinski definition) is 11. The number of nitrogens with zero attached hydrogens (tertiary/aromatic N) is 5. The summed E-state index contributed by atoms with van der Waals surface area (Å²) < 4.78 is 19.3. The smallest absolute Gasteiger partial charge is 0.338 e. The molecular formula is C31H26N6O7. The third-order valence-corrected chi connectivity index (χ3v) is 7.19. The van der Waals surface area contributed by atoms with Gasteiger partial charge >= 0.3 is 11.9 Å². The number of fused-ring (bicyclic) bond motifs is 1. The van der Waals surface area contributed by atoms with E-state index in [4.69, 9.17) is 14.2 Å². The molecule has 0 bridgehead atoms. The Bertz CT molecular complexity index is 1800. The number of aromatic nitrogens is 5. The Hall–Kier alpha value is -5.53. The zero-order valence-corrected chi connectivity index (χ0v) is 23.3. The number of carbonyl (C=O) groups is 3. The van der Waals surface area contributed by atoms with Gasteiger partial charge < -0.3 is 24.6 Å². The first kappa shape index (κ1) is 28.6. The summed E-state index contributed by atoms with van der Waals surface area (Å²) in [5, 5.41) is 21.4. The van der Waals surface area contributed by atoms with Gasteiger partial charge in [0.05, 0.1) is 17.7 Å². The number of rotatable bonds is 8. The number of esters is 2. The van der Waals surface area contributed by atoms with Crippen LogP contribution in [0.4, 0.5) is 5.82 Å². The van der Waals surface area contributed by atoms with Crippen molar-refractivity contribution in [1.82, 2.24) is 25.0 Å². The first-order valence-electron chi connectivity index (χ1n) is 13.6. The summed E-state index contributed by atoms with van der Waals surface area (Å²) in [5.74, 6) is -1.78. The van der Waals surface area contributed by atoms with Gasteiger partial charge in [0, 0.05) is 5.56 Å². The molecule has 3 heterocycles. The van der Waals surface area contributed by atoms with Crippen LogP contribution in [0.5, 0.6) is 0 Å². The highest BCUT2D eigenvalue weighted by Crippen LogP contribution is 2.44. The molecule has 1 amide bonds. The van der Waals surface area contributed by atoms with Crippen LogP contribution in [0.1, 0.15) is 44.2 Å². The van der Waals surface area contributed by atoms with Gasteiger partial charge in [-0.2, -0.15) is 4.68 Å². The van der Waals surface area contributed by atoms with Crippen LogP contribution in [0.15, 0.2) is 97.3 Å². The van der Waals surface area contributed by atoms with Crippen molar-refractivity contribution >= 4 is 34.8 Å². The molecule has 4 atom stereocenters. The van der Waals surface area contributed by atoms with Gasteiger partial charge in [-0.15, -0.1) is 5.10 Å². The van der Waals surface area contributed by atoms with E-state index in [2.05, 4.69) is 25.6 Å². The van der Waals surface area contributed by atoms with Crippen LogP contribution in [-0.2, 0) is 14.2 Å². The van der Waals surface area contributed by atoms with E-state index in [1.54, 1.807) is 91.0 Å². The van der Waals surface area contributed by atoms with E-state index in [0.717, 1.165) is 0 Å². The molecule has 1 aliphatic rings. The molecule has 2 N–H and O–H groups in total. The van der Waals surface area contributed by atoms with Gasteiger partial charge in [0.2, 0.25) is 0 Å². The normalized spacial score (nSPS) is 21.1. The number of amides is 1. The van der Waals surface area contributed by atoms with Crippen LogP contribution < -0.4 is 5.32 Å². The third-order valence-electron chi connectivity index (χ3n) is 7.19. The standard InChI is InChI=1S/C31H26N6O7/c1-31(44-29(41)21-15-9-4-10-16-21)24(43-28(40)20-13-7-3-8-14-20)22(17-38)42-30(31)37-26-23(35-36-37)25(32-18-33-26)34-27(39)19-11-5-2-6-12-19/h2-16,18,22,24,30,38H,17H2,1H3,(H,32,33,34,39)/t22-,24-,30-,31-/m1/s1. The van der Waals surface area contributed by atoms with E-state index >= 15 is 0 Å². The van der Waals surface area contributed by atoms with Crippen molar-refractivity contribution in [3.63, 3.8) is 0 Å². The lowest BCUT2D eigenvalue weighted by Gasteiger charge is -2.34. The van der Waals surface area contributed by atoms with Gasteiger partial charge in [-0.1, -0.05) is 59.8 Å². The largest absolute Gasteiger partial charge is 0.451 e. The van der Waals surface area contributed by atoms with Crippen LogP contribution in [0.25, 0.3) is 11.2 Å². The predicted octanol–water partition coefficient (Wildman–Crippen LogP) is 3.20. The lowest BCUT2D eigenvalue weighted by atomic mass is 9.95. The molecule has 1 aliphatic heterocycles. The minimum atomic E-state index is -1.75. The van der Waals surface area contributed by atoms with Crippen LogP contribution in [-0.4, -0.2) is 72.3 Å². The quantitative estimate of drug-likeness (QED) is 0.253. The maximum atomic E-state index is 13.4. The Balaban J connectivity index is 1.39. The van der Waals surface area contributed by atoms with Gasteiger partial charge in [0.25, 0.3) is 5.91 Å². The molecule has 1 saturated heterocycles. The lowest BCUT2D eigenvalue weighted by molar-refractivity contribution is -0.113. The second-order valence-corrected chi connectivity index (χ2v) is 10.1. The predicted molar refractivity (Wildman–Crippen MR) is 154 cm³/mol. The summed E-state index contributed by atoms with van der Waals surface area (Å²) in [6.07, 6.45) is -2.48. The minimum Gasteiger partial charge on any atom is -0.451 e. The number of nitrogens with one attached hydrogen (secondary N) is 1. The zero-order valence-electron chi connectivity index (χ0n) is 23.3. The molecule has 2 aromatic heterocycles. The number of aliphatic hydroxyl groups excluding tert-OH is 1. The van der Waals surface area contributed by atoms with Crippen LogP contribution >= 0.6 is 0 Å². The molecule has 0 aliphatic carbocycles. The highest BCUT2D eigenvalue weighted by molar-refractivity contribution is 6.06. The number of anilines is 1. The summed E-state index contributed by atoms with van der Waals surface area (Å²) in [6, 6.07) is 25.1. The van der Waals surface area contributed by atoms with Crippen molar-refractivity contribution in [2.45, 2.75) is 31.0 Å². The van der Waals surface area contributed by atoms with Crippen molar-refractivity contribution in [1.29, 1.82) is 0 Å². The molecule has 5 aromatic rings. The van der Waals surface area contributed by atoms with E-state index in [1.165, 1.54) is 17.9 Å². The summed E-state index contributed by atoms with van der Waals surface area (Å²) in [7, 11) is 0. The molecule has 3 aromatic carbocycles. The monoisotopic (exact) mass is 594 g/mol. The van der Waals surface area contributed by atoms with Gasteiger partial charge in [0.1, 0.15) is 12.4 Å². The fourth-order valence-electron chi connectivity index (χ4n) is 5.00. The Kier molecular flexibility index (Phi) is 7.79. The number of hydrogen-bond donors (Lipinski definition) is 2. The van der Waals surface area contributed by atoms with Gasteiger partial charge in [-0.25, -0.2) is 19.6 Å². The third kappa shape index (κ3) is 5.37. The molecule has 222 valence electrons. The molecule has 0 saturated carbocycles. The minimum absolute atomic E-state index is 0.0850. The Morgan fingerprint density at radius 2 is 1.48 bits per heavy atom. The van der Waals surface area contributed by atoms with Crippen LogP contribution in [0.3, 0.4) is 0 Å². The highest BCUT2D eigenvalue weighted by Gasteiger charge is 2.61. The summed E-state index contributed by atoms with van der Waals surface area (Å²) in [4.78, 5) is 47.9. The van der Waals surface area contributed by atoms with Crippen LogP contribution in [0, 0.1) is 0 Å². The second kappa shape index (κ2) is 12.0. The maximum absolute atomic E-state index is 13.4. The fraction of sp³-hybridized carbons (Fsp3) is 0.194. The van der Waals surface area contributed by atoms with Gasteiger partial charge in [0.15, 0.2) is 34.9 Å². The SMILES string of the molecule is C[C@@]1(OC(=O)c2ccccc2)[C@H](OC(=O)c2ccccc2)[C@@H](CO)O[C@H]1n1nnc2c(NC(=O)c3ccccc3)ncnc21. The average Bonchev–Trinajstić information content (AvgIpc) is 3.61. The molecule has 6 rings (SSSR count). The van der Waals surface area contributed by atoms with Crippen molar-refractivity contribution in [3.8, 4) is 0 Å². The summed E-state index contributed by atoms with van der Waals surface area (Å²) in [6.45, 7) is 0.936. The summed E-state index contributed by atoms with van der Waals surface area (Å²) >= 11 is 0. The molecule has 0 spiro atoms. The van der Waals surface area contributed by atoms with E-state index in [-0.39, 0.29) is 28.1 Å². The summed E-state index contributed by atoms with van der Waals surface area (Å²) in [5.41, 5.74) is -0.597. The number of carbonyl (C=O) groups excluding carboxylic acids is 3. The molecule has 1 fully saturated rings. The van der Waals surface area contributed by atoms with Crippen molar-refractivity contribution in [3.05, 3.63) is 114 Å². The molecule has 0 unspecified atom stereocenters. The Morgan fingerprint density at radius 1 is 0.886 bits per heavy atom. The molecule has 0 radical (unpaired) electrons. The Morgan fingerprint density at radius 3 is 2.09 bits per heavy atom. The van der Waals surface area contributed by atoms with Gasteiger partial charge in [-0.3, -0.25) is 4.79 Å². The molecular weight excluding hydrogens is 568 g/mol. The lowest BCUT2D eigenvalue weighted by Crippen LogP contribution is -2.50. The van der Waals surface area contributed by atoms with E-state index in [9.17, 15) is 19.5 Å². The number of aliphatic hydroxyl groups is 1. The maximum Gasteiger partial charge on any atom is 0.338 e. The van der Waals surface area contributed by atoms with Crippen LogP contribution in [0.2, 0.25) is 0 Å². The molecule has 44 heavy (non-hydrogen) atoms. The average molecular weight is 595 g/mol. The fourth-order valence-corrected chi connectivity index (χ4v) is 5.00.